The summed E-state index contributed by atoms with van der Waals surface area (Å²) in [5.41, 5.74) is 0. The zero-order valence-electron chi connectivity index (χ0n) is 13.3. The van der Waals surface area contributed by atoms with Gasteiger partial charge in [-0.3, -0.25) is 4.99 Å². The van der Waals surface area contributed by atoms with Gasteiger partial charge in [0.05, 0.1) is 12.6 Å². The van der Waals surface area contributed by atoms with Crippen LogP contribution in [0.4, 0.5) is 0 Å². The average molecular weight is 315 g/mol. The summed E-state index contributed by atoms with van der Waals surface area (Å²) in [6.45, 7) is 7.29. The Bertz CT molecular complexity index is 327. The Morgan fingerprint density at radius 2 is 2.10 bits per heavy atom. The Hall–Kier alpha value is -0.460. The van der Waals surface area contributed by atoms with Crippen LogP contribution in [0.2, 0.25) is 0 Å². The molecule has 5 nitrogen and oxygen atoms in total. The molecule has 0 aromatic rings. The zero-order valence-corrected chi connectivity index (χ0v) is 14.1. The molecule has 122 valence electrons. The number of nitrogens with zero attached hydrogens (tertiary/aromatic N) is 1. The van der Waals surface area contributed by atoms with E-state index in [0.29, 0.717) is 6.10 Å². The molecule has 2 heterocycles. The third kappa shape index (κ3) is 5.34. The highest BCUT2D eigenvalue weighted by molar-refractivity contribution is 8.00. The second-order valence-corrected chi connectivity index (χ2v) is 6.98. The van der Waals surface area contributed by atoms with E-state index in [2.05, 4.69) is 23.8 Å². The summed E-state index contributed by atoms with van der Waals surface area (Å²) in [4.78, 5) is 4.80. The Morgan fingerprint density at radius 3 is 2.71 bits per heavy atom. The second kappa shape index (κ2) is 8.86. The van der Waals surface area contributed by atoms with Crippen LogP contribution in [-0.2, 0) is 9.47 Å². The van der Waals surface area contributed by atoms with Gasteiger partial charge in [0.2, 0.25) is 0 Å². The quantitative estimate of drug-likeness (QED) is 0.576. The molecule has 6 heteroatoms. The van der Waals surface area contributed by atoms with Gasteiger partial charge in [-0.15, -0.1) is 0 Å². The number of rotatable bonds is 6. The molecule has 2 N–H and O–H groups in total. The second-order valence-electron chi connectivity index (χ2n) is 5.71. The van der Waals surface area contributed by atoms with Crippen LogP contribution < -0.4 is 10.6 Å². The number of aliphatic imine (C=N–C) groups is 1. The molecule has 2 saturated heterocycles. The van der Waals surface area contributed by atoms with Gasteiger partial charge in [0.25, 0.3) is 0 Å². The summed E-state index contributed by atoms with van der Waals surface area (Å²) in [7, 11) is 0. The van der Waals surface area contributed by atoms with E-state index >= 15 is 0 Å². The van der Waals surface area contributed by atoms with Crippen LogP contribution in [0.25, 0.3) is 0 Å². The predicted molar refractivity (Wildman–Crippen MR) is 89.3 cm³/mol. The number of ether oxygens (including phenoxy) is 2. The predicted octanol–water partition coefficient (Wildman–Crippen LogP) is 1.63. The maximum Gasteiger partial charge on any atom is 0.191 e. The van der Waals surface area contributed by atoms with Crippen LogP contribution in [0, 0.1) is 0 Å². The molecule has 0 radical (unpaired) electrons. The summed E-state index contributed by atoms with van der Waals surface area (Å²) in [5.74, 6) is 0.910. The first-order valence-corrected chi connectivity index (χ1v) is 9.27. The van der Waals surface area contributed by atoms with Crippen molar-refractivity contribution in [3.63, 3.8) is 0 Å². The zero-order chi connectivity index (χ0) is 15.0. The number of thioether (sulfide) groups is 1. The normalized spacial score (nSPS) is 25.8. The lowest BCUT2D eigenvalue weighted by molar-refractivity contribution is 0.0794. The standard InChI is InChI=1S/C15H29N3O2S/c1-3-16-14(17-11-13-5-4-8-20-13)18-12-15(21-2)6-9-19-10-7-15/h13H,3-12H2,1-2H3,(H2,16,17,18). The first-order valence-electron chi connectivity index (χ1n) is 8.05. The Morgan fingerprint density at radius 1 is 1.29 bits per heavy atom. The van der Waals surface area contributed by atoms with Crippen LogP contribution in [0.3, 0.4) is 0 Å². The lowest BCUT2D eigenvalue weighted by Crippen LogP contribution is -2.43. The van der Waals surface area contributed by atoms with Gasteiger partial charge >= 0.3 is 0 Å². The largest absolute Gasteiger partial charge is 0.381 e. The molecule has 0 aliphatic carbocycles. The average Bonchev–Trinajstić information content (AvgIpc) is 3.04. The summed E-state index contributed by atoms with van der Waals surface area (Å²) < 4.78 is 11.4. The highest BCUT2D eigenvalue weighted by Gasteiger charge is 2.31. The Labute approximate surface area is 132 Å². The van der Waals surface area contributed by atoms with Crippen molar-refractivity contribution in [1.82, 2.24) is 10.6 Å². The van der Waals surface area contributed by atoms with Gasteiger partial charge in [-0.05, 0) is 38.9 Å². The summed E-state index contributed by atoms with van der Waals surface area (Å²) in [6, 6.07) is 0. The smallest absolute Gasteiger partial charge is 0.191 e. The number of guanidine groups is 1. The van der Waals surface area contributed by atoms with Crippen LogP contribution in [0.1, 0.15) is 32.6 Å². The van der Waals surface area contributed by atoms with Gasteiger partial charge in [-0.25, -0.2) is 0 Å². The summed E-state index contributed by atoms with van der Waals surface area (Å²) in [6.07, 6.45) is 7.03. The van der Waals surface area contributed by atoms with Crippen molar-refractivity contribution >= 4 is 17.7 Å². The topological polar surface area (TPSA) is 54.9 Å². The van der Waals surface area contributed by atoms with E-state index in [1.165, 1.54) is 6.42 Å². The monoisotopic (exact) mass is 315 g/mol. The minimum absolute atomic E-state index is 0.241. The fourth-order valence-corrected chi connectivity index (χ4v) is 3.52. The fraction of sp³-hybridized carbons (Fsp3) is 0.933. The molecular formula is C15H29N3O2S. The van der Waals surface area contributed by atoms with Gasteiger partial charge in [0.1, 0.15) is 0 Å². The molecule has 1 unspecified atom stereocenters. The van der Waals surface area contributed by atoms with Crippen LogP contribution in [-0.4, -0.2) is 62.5 Å². The van der Waals surface area contributed by atoms with Crippen molar-refractivity contribution in [3.05, 3.63) is 0 Å². The molecule has 0 bridgehead atoms. The molecule has 0 saturated carbocycles. The molecule has 1 atom stereocenters. The summed E-state index contributed by atoms with van der Waals surface area (Å²) >= 11 is 1.93. The third-order valence-corrected chi connectivity index (χ3v) is 5.63. The van der Waals surface area contributed by atoms with Crippen molar-refractivity contribution in [3.8, 4) is 0 Å². The van der Waals surface area contributed by atoms with Crippen molar-refractivity contribution < 1.29 is 9.47 Å². The van der Waals surface area contributed by atoms with E-state index in [1.54, 1.807) is 0 Å². The van der Waals surface area contributed by atoms with Gasteiger partial charge in [-0.2, -0.15) is 11.8 Å². The first kappa shape index (κ1) is 16.9. The molecular weight excluding hydrogens is 286 g/mol. The number of hydrogen-bond donors (Lipinski definition) is 2. The lowest BCUT2D eigenvalue weighted by atomic mass is 9.99. The number of nitrogens with one attached hydrogen (secondary N) is 2. The van der Waals surface area contributed by atoms with E-state index in [0.717, 1.165) is 64.7 Å². The van der Waals surface area contributed by atoms with E-state index in [1.807, 2.05) is 11.8 Å². The third-order valence-electron chi connectivity index (χ3n) is 4.23. The lowest BCUT2D eigenvalue weighted by Gasteiger charge is -2.34. The molecule has 2 aliphatic rings. The van der Waals surface area contributed by atoms with E-state index in [9.17, 15) is 0 Å². The fourth-order valence-electron chi connectivity index (χ4n) is 2.75. The molecule has 21 heavy (non-hydrogen) atoms. The maximum absolute atomic E-state index is 5.65. The minimum atomic E-state index is 0.241. The molecule has 0 amide bonds. The SMILES string of the molecule is CCNC(=NCC1(SC)CCOCC1)NCC1CCCO1. The van der Waals surface area contributed by atoms with E-state index in [-0.39, 0.29) is 4.75 Å². The molecule has 0 aromatic carbocycles. The minimum Gasteiger partial charge on any atom is -0.381 e. The first-order chi connectivity index (χ1) is 10.3. The van der Waals surface area contributed by atoms with Gasteiger partial charge in [0, 0.05) is 37.7 Å². The van der Waals surface area contributed by atoms with Gasteiger partial charge < -0.3 is 20.1 Å². The van der Waals surface area contributed by atoms with Crippen LogP contribution in [0.5, 0.6) is 0 Å². The van der Waals surface area contributed by atoms with Crippen molar-refractivity contribution in [2.75, 3.05) is 45.7 Å². The van der Waals surface area contributed by atoms with Crippen LogP contribution >= 0.6 is 11.8 Å². The maximum atomic E-state index is 5.65. The van der Waals surface area contributed by atoms with Gasteiger partial charge in [-0.1, -0.05) is 0 Å². The molecule has 2 aliphatic heterocycles. The van der Waals surface area contributed by atoms with E-state index in [4.69, 9.17) is 14.5 Å². The van der Waals surface area contributed by atoms with Gasteiger partial charge in [0.15, 0.2) is 5.96 Å². The summed E-state index contributed by atoms with van der Waals surface area (Å²) in [5, 5.41) is 6.75. The molecule has 0 spiro atoms. The Kier molecular flexibility index (Phi) is 7.13. The molecule has 2 rings (SSSR count). The molecule has 0 aromatic heterocycles. The highest BCUT2D eigenvalue weighted by Crippen LogP contribution is 2.33. The number of hydrogen-bond acceptors (Lipinski definition) is 4. The highest BCUT2D eigenvalue weighted by atomic mass is 32.2. The van der Waals surface area contributed by atoms with Crippen molar-refractivity contribution in [2.45, 2.75) is 43.5 Å². The molecule has 2 fully saturated rings. The van der Waals surface area contributed by atoms with E-state index < -0.39 is 0 Å². The Balaban J connectivity index is 1.85. The van der Waals surface area contributed by atoms with Crippen LogP contribution in [0.15, 0.2) is 4.99 Å². The van der Waals surface area contributed by atoms with Crippen molar-refractivity contribution in [1.29, 1.82) is 0 Å². The van der Waals surface area contributed by atoms with Crippen molar-refractivity contribution in [2.24, 2.45) is 4.99 Å².